The Labute approximate surface area is 118 Å². The molecule has 4 atom stereocenters. The topological polar surface area (TPSA) is 129 Å². The van der Waals surface area contributed by atoms with E-state index in [4.69, 9.17) is 16.4 Å². The summed E-state index contributed by atoms with van der Waals surface area (Å²) in [7, 11) is 0. The Balaban J connectivity index is 2.38. The SMILES string of the molecule is [C-]#[N+]CCn1cc([C@@H]2O[C@H](CO)[C@H](O)C2O)c(=O)[nH]c1=O. The largest absolute Gasteiger partial charge is 0.394 e. The molecule has 0 spiro atoms. The van der Waals surface area contributed by atoms with Crippen molar-refractivity contribution in [2.24, 2.45) is 0 Å². The van der Waals surface area contributed by atoms with E-state index >= 15 is 0 Å². The predicted molar refractivity (Wildman–Crippen MR) is 69.5 cm³/mol. The first-order chi connectivity index (χ1) is 9.99. The quantitative estimate of drug-likeness (QED) is 0.459. The summed E-state index contributed by atoms with van der Waals surface area (Å²) in [6.45, 7) is 6.34. The lowest BCUT2D eigenvalue weighted by atomic mass is 10.0. The predicted octanol–water partition coefficient (Wildman–Crippen LogP) is -2.39. The van der Waals surface area contributed by atoms with Gasteiger partial charge in [0.05, 0.1) is 18.7 Å². The van der Waals surface area contributed by atoms with E-state index in [0.717, 1.165) is 4.57 Å². The van der Waals surface area contributed by atoms with Crippen LogP contribution in [0.3, 0.4) is 0 Å². The van der Waals surface area contributed by atoms with Crippen LogP contribution < -0.4 is 11.2 Å². The molecular formula is C12H15N3O6. The summed E-state index contributed by atoms with van der Waals surface area (Å²) in [5.74, 6) is 0. The highest BCUT2D eigenvalue weighted by molar-refractivity contribution is 5.14. The lowest BCUT2D eigenvalue weighted by Crippen LogP contribution is -2.36. The van der Waals surface area contributed by atoms with E-state index in [1.54, 1.807) is 0 Å². The minimum atomic E-state index is -1.39. The number of H-pyrrole nitrogens is 1. The molecule has 21 heavy (non-hydrogen) atoms. The second kappa shape index (κ2) is 6.19. The van der Waals surface area contributed by atoms with Crippen LogP contribution in [-0.4, -0.2) is 56.3 Å². The number of aromatic amines is 1. The van der Waals surface area contributed by atoms with Crippen LogP contribution in [0.5, 0.6) is 0 Å². The van der Waals surface area contributed by atoms with Gasteiger partial charge in [-0.25, -0.2) is 11.4 Å². The number of hydrogen-bond acceptors (Lipinski definition) is 6. The van der Waals surface area contributed by atoms with Crippen LogP contribution in [0.25, 0.3) is 4.85 Å². The highest BCUT2D eigenvalue weighted by Gasteiger charge is 2.44. The molecule has 0 radical (unpaired) electrons. The van der Waals surface area contributed by atoms with Crippen LogP contribution in [0.15, 0.2) is 15.8 Å². The van der Waals surface area contributed by atoms with E-state index in [1.807, 2.05) is 0 Å². The molecule has 1 unspecified atom stereocenters. The van der Waals surface area contributed by atoms with E-state index in [-0.39, 0.29) is 18.7 Å². The first-order valence-electron chi connectivity index (χ1n) is 6.29. The van der Waals surface area contributed by atoms with Gasteiger partial charge in [-0.15, -0.1) is 0 Å². The first kappa shape index (κ1) is 15.4. The van der Waals surface area contributed by atoms with Gasteiger partial charge in [0.15, 0.2) is 0 Å². The fourth-order valence-electron chi connectivity index (χ4n) is 2.21. The summed E-state index contributed by atoms with van der Waals surface area (Å²) >= 11 is 0. The van der Waals surface area contributed by atoms with Crippen LogP contribution >= 0.6 is 0 Å². The molecule has 1 aromatic heterocycles. The highest BCUT2D eigenvalue weighted by Crippen LogP contribution is 2.31. The number of aliphatic hydroxyl groups is 3. The third-order valence-corrected chi connectivity index (χ3v) is 3.34. The number of nitrogens with one attached hydrogen (secondary N) is 1. The zero-order valence-corrected chi connectivity index (χ0v) is 11.0. The van der Waals surface area contributed by atoms with Gasteiger partial charge in [-0.05, 0) is 0 Å². The Hall–Kier alpha value is -1.99. The molecule has 0 aromatic carbocycles. The molecule has 1 saturated heterocycles. The van der Waals surface area contributed by atoms with Crippen molar-refractivity contribution in [3.05, 3.63) is 44.0 Å². The van der Waals surface area contributed by atoms with Gasteiger partial charge in [-0.2, -0.15) is 0 Å². The summed E-state index contributed by atoms with van der Waals surface area (Å²) in [6, 6.07) is 0. The minimum absolute atomic E-state index is 0.0397. The van der Waals surface area contributed by atoms with Gasteiger partial charge in [-0.3, -0.25) is 14.3 Å². The average molecular weight is 297 g/mol. The van der Waals surface area contributed by atoms with E-state index < -0.39 is 42.3 Å². The van der Waals surface area contributed by atoms with Crippen molar-refractivity contribution in [3.8, 4) is 0 Å². The second-order valence-electron chi connectivity index (χ2n) is 4.68. The molecule has 9 heteroatoms. The van der Waals surface area contributed by atoms with Crippen molar-refractivity contribution >= 4 is 0 Å². The number of hydrogen-bond donors (Lipinski definition) is 4. The molecular weight excluding hydrogens is 282 g/mol. The maximum Gasteiger partial charge on any atom is 0.328 e. The lowest BCUT2D eigenvalue weighted by molar-refractivity contribution is -0.0233. The minimum Gasteiger partial charge on any atom is -0.394 e. The Bertz CT molecular complexity index is 660. The molecule has 1 fully saturated rings. The number of aliphatic hydroxyl groups excluding tert-OH is 3. The fraction of sp³-hybridized carbons (Fsp3) is 0.583. The molecule has 0 bridgehead atoms. The van der Waals surface area contributed by atoms with Gasteiger partial charge >= 0.3 is 5.69 Å². The summed E-state index contributed by atoms with van der Waals surface area (Å²) in [5.41, 5.74) is -1.45. The molecule has 0 saturated carbocycles. The standard InChI is InChI=1S/C12H15N3O6/c1-13-2-3-15-4-6(11(19)14-12(15)20)10-9(18)8(17)7(5-16)21-10/h4,7-10,16-18H,2-3,5H2,(H,14,19,20)/t7-,8+,9?,10+/m1/s1. The molecule has 1 aliphatic heterocycles. The molecule has 0 aliphatic carbocycles. The van der Waals surface area contributed by atoms with E-state index in [1.165, 1.54) is 6.20 Å². The van der Waals surface area contributed by atoms with Crippen LogP contribution in [0.2, 0.25) is 0 Å². The molecule has 9 nitrogen and oxygen atoms in total. The first-order valence-corrected chi connectivity index (χ1v) is 6.29. The van der Waals surface area contributed by atoms with Crippen molar-refractivity contribution in [2.75, 3.05) is 13.2 Å². The Morgan fingerprint density at radius 3 is 2.67 bits per heavy atom. The average Bonchev–Trinajstić information content (AvgIpc) is 2.74. The normalized spacial score (nSPS) is 28.5. The monoisotopic (exact) mass is 297 g/mol. The zero-order valence-electron chi connectivity index (χ0n) is 11.0. The number of nitrogens with zero attached hydrogens (tertiary/aromatic N) is 2. The molecule has 4 N–H and O–H groups in total. The second-order valence-corrected chi connectivity index (χ2v) is 4.68. The van der Waals surface area contributed by atoms with Crippen LogP contribution in [0, 0.1) is 6.57 Å². The van der Waals surface area contributed by atoms with Gasteiger partial charge in [0.25, 0.3) is 5.56 Å². The van der Waals surface area contributed by atoms with Crippen LogP contribution in [0.1, 0.15) is 11.7 Å². The smallest absolute Gasteiger partial charge is 0.328 e. The fourth-order valence-corrected chi connectivity index (χ4v) is 2.21. The maximum atomic E-state index is 11.8. The van der Waals surface area contributed by atoms with Gasteiger partial charge in [0.1, 0.15) is 24.4 Å². The third-order valence-electron chi connectivity index (χ3n) is 3.34. The number of rotatable bonds is 4. The highest BCUT2D eigenvalue weighted by atomic mass is 16.6. The molecule has 0 amide bonds. The van der Waals surface area contributed by atoms with Gasteiger partial charge in [-0.1, -0.05) is 0 Å². The third kappa shape index (κ3) is 2.88. The maximum absolute atomic E-state index is 11.8. The Morgan fingerprint density at radius 1 is 1.38 bits per heavy atom. The van der Waals surface area contributed by atoms with Crippen LogP contribution in [-0.2, 0) is 11.3 Å². The van der Waals surface area contributed by atoms with Gasteiger partial charge in [0, 0.05) is 6.20 Å². The Kier molecular flexibility index (Phi) is 4.54. The van der Waals surface area contributed by atoms with E-state index in [9.17, 15) is 19.8 Å². The van der Waals surface area contributed by atoms with Crippen molar-refractivity contribution < 1.29 is 20.1 Å². The van der Waals surface area contributed by atoms with Crippen molar-refractivity contribution in [1.82, 2.24) is 9.55 Å². The van der Waals surface area contributed by atoms with Crippen molar-refractivity contribution in [3.63, 3.8) is 0 Å². The number of aromatic nitrogens is 2. The zero-order chi connectivity index (χ0) is 15.6. The molecule has 1 aliphatic rings. The molecule has 2 rings (SSSR count). The van der Waals surface area contributed by atoms with Gasteiger partial charge < -0.3 is 24.9 Å². The summed E-state index contributed by atoms with van der Waals surface area (Å²) in [6.07, 6.45) is -3.68. The lowest BCUT2D eigenvalue weighted by Gasteiger charge is -2.15. The summed E-state index contributed by atoms with van der Waals surface area (Å²) in [5, 5.41) is 28.6. The molecule has 114 valence electrons. The Morgan fingerprint density at radius 2 is 2.10 bits per heavy atom. The molecule has 2 heterocycles. The summed E-state index contributed by atoms with van der Waals surface area (Å²) in [4.78, 5) is 28.6. The number of ether oxygens (including phenoxy) is 1. The van der Waals surface area contributed by atoms with Crippen molar-refractivity contribution in [2.45, 2.75) is 31.0 Å². The van der Waals surface area contributed by atoms with Crippen molar-refractivity contribution in [1.29, 1.82) is 0 Å². The van der Waals surface area contributed by atoms with Crippen LogP contribution in [0.4, 0.5) is 0 Å². The van der Waals surface area contributed by atoms with Gasteiger partial charge in [0.2, 0.25) is 6.54 Å². The molecule has 1 aromatic rings. The van der Waals surface area contributed by atoms with E-state index in [2.05, 4.69) is 9.83 Å². The van der Waals surface area contributed by atoms with E-state index in [0.29, 0.717) is 0 Å². The summed E-state index contributed by atoms with van der Waals surface area (Å²) < 4.78 is 6.38.